The number of carbonyl (C=O) groups is 2. The Morgan fingerprint density at radius 3 is 2.26 bits per heavy atom. The second kappa shape index (κ2) is 15.3. The van der Waals surface area contributed by atoms with E-state index in [4.69, 9.17) is 27.9 Å². The zero-order chi connectivity index (χ0) is 30.9. The van der Waals surface area contributed by atoms with E-state index in [9.17, 15) is 29.8 Å². The number of aldehydes is 2. The highest BCUT2D eigenvalue weighted by molar-refractivity contribution is 7.16. The molecule has 0 aromatic carbocycles. The number of hydrogen-bond donors (Lipinski definition) is 1. The van der Waals surface area contributed by atoms with Crippen molar-refractivity contribution in [3.63, 3.8) is 0 Å². The van der Waals surface area contributed by atoms with Crippen molar-refractivity contribution >= 4 is 58.4 Å². The Kier molecular flexibility index (Phi) is 11.5. The van der Waals surface area contributed by atoms with Crippen LogP contribution >= 0.6 is 45.9 Å². The molecule has 0 radical (unpaired) electrons. The lowest BCUT2D eigenvalue weighted by Gasteiger charge is -2.32. The summed E-state index contributed by atoms with van der Waals surface area (Å²) in [4.78, 5) is 55.8. The zero-order valence-corrected chi connectivity index (χ0v) is 25.7. The summed E-state index contributed by atoms with van der Waals surface area (Å²) in [6, 6.07) is 0. The van der Waals surface area contributed by atoms with Crippen molar-refractivity contribution in [3.05, 3.63) is 81.3 Å². The lowest BCUT2D eigenvalue weighted by Crippen LogP contribution is -2.41. The van der Waals surface area contributed by atoms with E-state index in [1.165, 1.54) is 29.1 Å². The molecule has 6 heterocycles. The zero-order valence-electron chi connectivity index (χ0n) is 22.5. The van der Waals surface area contributed by atoms with Crippen molar-refractivity contribution in [2.75, 3.05) is 26.2 Å². The number of fused-ring (bicyclic) bond motifs is 4. The van der Waals surface area contributed by atoms with Gasteiger partial charge in [0.15, 0.2) is 45.8 Å². The van der Waals surface area contributed by atoms with Gasteiger partial charge in [-0.05, 0) is 12.8 Å². The predicted octanol–water partition coefficient (Wildman–Crippen LogP) is 3.13. The molecule has 3 fully saturated rings. The van der Waals surface area contributed by atoms with E-state index in [1.54, 1.807) is 12.4 Å². The minimum atomic E-state index is -0.458. The SMILES string of the molecule is O=C[CH+]CC=O.O=[N+]([O-])/C=C1\NCCN1Cc1cnc(Cl)s1.O=[N+]([O-])C1=C2N(Cc3cnc(Cl)s3)CCN2C2CCC1O2. The van der Waals surface area contributed by atoms with Crippen molar-refractivity contribution in [2.24, 2.45) is 0 Å². The van der Waals surface area contributed by atoms with Crippen molar-refractivity contribution in [3.8, 4) is 0 Å². The number of ether oxygens (including phenoxy) is 1. The van der Waals surface area contributed by atoms with E-state index in [0.29, 0.717) is 47.0 Å². The van der Waals surface area contributed by atoms with Gasteiger partial charge >= 0.3 is 5.70 Å². The van der Waals surface area contributed by atoms with E-state index in [2.05, 4.69) is 20.2 Å². The van der Waals surface area contributed by atoms with Gasteiger partial charge in [-0.15, -0.1) is 22.7 Å². The Labute approximate surface area is 264 Å². The number of unbranched alkanes of at least 4 members (excludes halogenated alkanes) is 1. The molecule has 15 nitrogen and oxygen atoms in total. The average Bonchev–Trinajstić information content (AvgIpc) is 3.80. The smallest absolute Gasteiger partial charge is 0.314 e. The summed E-state index contributed by atoms with van der Waals surface area (Å²) in [5, 5.41) is 24.8. The molecule has 2 aromatic rings. The largest absolute Gasteiger partial charge is 0.365 e. The van der Waals surface area contributed by atoms with E-state index < -0.39 is 4.92 Å². The first-order valence-electron chi connectivity index (χ1n) is 13.0. The highest BCUT2D eigenvalue weighted by atomic mass is 35.5. The minimum Gasteiger partial charge on any atom is -0.365 e. The molecule has 2 unspecified atom stereocenters. The van der Waals surface area contributed by atoms with E-state index in [0.717, 1.165) is 54.3 Å². The third-order valence-corrected chi connectivity index (χ3v) is 8.79. The maximum atomic E-state index is 11.5. The Bertz CT molecular complexity index is 1380. The summed E-state index contributed by atoms with van der Waals surface area (Å²) in [5.74, 6) is 1.26. The molecule has 2 atom stereocenters. The van der Waals surface area contributed by atoms with Gasteiger partial charge in [-0.3, -0.25) is 25.0 Å². The van der Waals surface area contributed by atoms with Gasteiger partial charge in [0, 0.05) is 48.3 Å². The highest BCUT2D eigenvalue weighted by Crippen LogP contribution is 2.41. The number of thiazole rings is 2. The standard InChI is InChI=1S/C12H13ClN4O3S.C8H9ClN4O2S.C4H5O2/c13-12-14-5-7(21-12)6-15-3-4-16-9-2-1-8(20-9)10(11(15)16)17(18)19;9-8-11-3-6(16-8)4-12-2-1-10-7(12)5-13(14)15;5-3-1-2-4-6/h5,8-9H,1-4,6H2;3,5,10H,1-2,4H2;1,3-4H,2H2/q;;+1/b;7-5+;. The first kappa shape index (κ1) is 32.4. The van der Waals surface area contributed by atoms with E-state index >= 15 is 0 Å². The Hall–Kier alpha value is -3.51. The molecule has 0 spiro atoms. The second-order valence-electron chi connectivity index (χ2n) is 9.32. The number of halogens is 2. The summed E-state index contributed by atoms with van der Waals surface area (Å²) < 4.78 is 6.74. The Morgan fingerprint density at radius 2 is 1.72 bits per heavy atom. The van der Waals surface area contributed by atoms with Crippen LogP contribution in [0.15, 0.2) is 35.9 Å². The minimum absolute atomic E-state index is 0.0104. The van der Waals surface area contributed by atoms with Gasteiger partial charge < -0.3 is 24.8 Å². The normalized spacial score (nSPS) is 21.0. The maximum absolute atomic E-state index is 11.5. The fourth-order valence-electron chi connectivity index (χ4n) is 4.90. The van der Waals surface area contributed by atoms with Crippen molar-refractivity contribution in [1.82, 2.24) is 30.0 Å². The van der Waals surface area contributed by atoms with Gasteiger partial charge in [0.2, 0.25) is 0 Å². The van der Waals surface area contributed by atoms with Gasteiger partial charge in [0.1, 0.15) is 6.23 Å². The van der Waals surface area contributed by atoms with Crippen molar-refractivity contribution in [2.45, 2.75) is 44.7 Å². The van der Waals surface area contributed by atoms with Crippen LogP contribution < -0.4 is 5.32 Å². The third-order valence-electron chi connectivity index (χ3n) is 6.59. The number of carbonyl (C=O) groups excluding carboxylic acids is 2. The average molecular weight is 675 g/mol. The van der Waals surface area contributed by atoms with Crippen LogP contribution in [0.1, 0.15) is 29.0 Å². The van der Waals surface area contributed by atoms with Crippen LogP contribution in [0.2, 0.25) is 8.93 Å². The number of aromatic nitrogens is 2. The fourth-order valence-corrected chi connectivity index (χ4v) is 6.89. The van der Waals surface area contributed by atoms with Crippen LogP contribution in [0.3, 0.4) is 0 Å². The lowest BCUT2D eigenvalue weighted by molar-refractivity contribution is -0.443. The molecule has 43 heavy (non-hydrogen) atoms. The molecule has 0 aliphatic carbocycles. The van der Waals surface area contributed by atoms with E-state index in [1.807, 2.05) is 9.80 Å². The summed E-state index contributed by atoms with van der Waals surface area (Å²) in [6.45, 7) is 4.18. The van der Waals surface area contributed by atoms with Crippen LogP contribution in [-0.4, -0.2) is 85.6 Å². The monoisotopic (exact) mass is 673 g/mol. The van der Waals surface area contributed by atoms with E-state index in [-0.39, 0.29) is 29.4 Å². The molecule has 0 saturated carbocycles. The first-order chi connectivity index (χ1) is 20.7. The second-order valence-corrected chi connectivity index (χ2v) is 12.7. The van der Waals surface area contributed by atoms with Crippen LogP contribution in [0, 0.1) is 26.6 Å². The fraction of sp³-hybridized carbons (Fsp3) is 0.458. The summed E-state index contributed by atoms with van der Waals surface area (Å²) in [5.41, 5.74) is 0.205. The molecule has 3 saturated heterocycles. The molecule has 2 aromatic heterocycles. The molecule has 2 bridgehead atoms. The predicted molar refractivity (Wildman–Crippen MR) is 158 cm³/mol. The molecular formula is C24H27Cl2N8O7S2+. The quantitative estimate of drug-likeness (QED) is 0.135. The van der Waals surface area contributed by atoms with Gasteiger partial charge in [-0.2, -0.15) is 0 Å². The van der Waals surface area contributed by atoms with Crippen LogP contribution in [0.5, 0.6) is 0 Å². The molecule has 6 rings (SSSR count). The Balaban J connectivity index is 0.000000171. The molecule has 0 amide bonds. The molecular weight excluding hydrogens is 647 g/mol. The van der Waals surface area contributed by atoms with Gasteiger partial charge in [0.05, 0.1) is 22.9 Å². The summed E-state index contributed by atoms with van der Waals surface area (Å²) >= 11 is 14.4. The van der Waals surface area contributed by atoms with Crippen molar-refractivity contribution < 1.29 is 24.2 Å². The van der Waals surface area contributed by atoms with Gasteiger partial charge in [-0.1, -0.05) is 23.2 Å². The summed E-state index contributed by atoms with van der Waals surface area (Å²) in [6.07, 6.45) is 8.37. The molecule has 4 aliphatic rings. The van der Waals surface area contributed by atoms with Gasteiger partial charge in [-0.25, -0.2) is 14.8 Å². The lowest BCUT2D eigenvalue weighted by atomic mass is 10.2. The number of nitro groups is 2. The maximum Gasteiger partial charge on any atom is 0.314 e. The molecule has 1 N–H and O–H groups in total. The number of nitrogens with zero attached hydrogens (tertiary/aromatic N) is 7. The topological polar surface area (TPSA) is 177 Å². The highest BCUT2D eigenvalue weighted by Gasteiger charge is 2.50. The van der Waals surface area contributed by atoms with Crippen molar-refractivity contribution in [1.29, 1.82) is 0 Å². The third kappa shape index (κ3) is 8.54. The first-order valence-corrected chi connectivity index (χ1v) is 15.4. The van der Waals surface area contributed by atoms with Crippen LogP contribution in [0.4, 0.5) is 0 Å². The number of hydrogen-bond acceptors (Lipinski definition) is 15. The number of rotatable bonds is 9. The molecule has 4 aliphatic heterocycles. The van der Waals surface area contributed by atoms with Crippen LogP contribution in [-0.2, 0) is 27.4 Å². The molecule has 230 valence electrons. The van der Waals surface area contributed by atoms with Gasteiger partial charge in [0.25, 0.3) is 12.5 Å². The Morgan fingerprint density at radius 1 is 1.05 bits per heavy atom. The number of nitrogens with one attached hydrogen (secondary N) is 1. The summed E-state index contributed by atoms with van der Waals surface area (Å²) in [7, 11) is 0. The van der Waals surface area contributed by atoms with Crippen LogP contribution in [0.25, 0.3) is 0 Å². The molecule has 19 heteroatoms.